The smallest absolute Gasteiger partial charge is 0.128 e. The molecule has 4 heteroatoms. The van der Waals surface area contributed by atoms with Gasteiger partial charge in [0.05, 0.1) is 11.5 Å². The molecule has 1 aliphatic heterocycles. The van der Waals surface area contributed by atoms with Crippen LogP contribution in [0.3, 0.4) is 0 Å². The Morgan fingerprint density at radius 2 is 1.90 bits per heavy atom. The number of hydrogen-bond donors (Lipinski definition) is 0. The summed E-state index contributed by atoms with van der Waals surface area (Å²) in [5, 5.41) is 0. The summed E-state index contributed by atoms with van der Waals surface area (Å²) < 4.78 is 20.5. The van der Waals surface area contributed by atoms with E-state index in [1.165, 1.54) is 0 Å². The summed E-state index contributed by atoms with van der Waals surface area (Å²) in [5.74, 6) is 0.806. The molecular weight excluding hydrogens is 282 g/mol. The second-order valence-electron chi connectivity index (χ2n) is 7.54. The van der Waals surface area contributed by atoms with E-state index in [1.54, 1.807) is 0 Å². The van der Waals surface area contributed by atoms with Crippen molar-refractivity contribution >= 4 is 11.0 Å². The molecule has 2 rings (SSSR count). The number of nitrogens with zero attached hydrogens (tertiary/aromatic N) is 1. The lowest BCUT2D eigenvalue weighted by Gasteiger charge is -2.38. The van der Waals surface area contributed by atoms with Gasteiger partial charge in [0, 0.05) is 12.1 Å². The van der Waals surface area contributed by atoms with E-state index in [9.17, 15) is 4.21 Å². The van der Waals surface area contributed by atoms with Gasteiger partial charge >= 0.3 is 0 Å². The van der Waals surface area contributed by atoms with Crippen molar-refractivity contribution in [3.8, 4) is 5.75 Å². The van der Waals surface area contributed by atoms with Crippen molar-refractivity contribution in [2.45, 2.75) is 64.9 Å². The third kappa shape index (κ3) is 3.67. The third-order valence-electron chi connectivity index (χ3n) is 3.69. The third-order valence-corrected chi connectivity index (χ3v) is 5.47. The standard InChI is InChI=1S/C17H27NO2S/c1-7-20-14-9-8-13-11-18(21(19)15(13)10-14)17(5,6)12-16(2,3)4/h8-10H,7,11-12H2,1-6H3. The lowest BCUT2D eigenvalue weighted by atomic mass is 9.81. The summed E-state index contributed by atoms with van der Waals surface area (Å²) >= 11 is 0. The van der Waals surface area contributed by atoms with Gasteiger partial charge in [0.25, 0.3) is 0 Å². The Kier molecular flexibility index (Phi) is 4.50. The summed E-state index contributed by atoms with van der Waals surface area (Å²) in [7, 11) is -1.10. The molecule has 0 spiro atoms. The normalized spacial score (nSPS) is 19.6. The highest BCUT2D eigenvalue weighted by molar-refractivity contribution is 7.83. The van der Waals surface area contributed by atoms with Gasteiger partial charge in [-0.1, -0.05) is 26.8 Å². The van der Waals surface area contributed by atoms with Crippen LogP contribution < -0.4 is 4.74 Å². The first-order chi connectivity index (χ1) is 9.64. The second kappa shape index (κ2) is 5.73. The van der Waals surface area contributed by atoms with Crippen LogP contribution in [0.2, 0.25) is 0 Å². The van der Waals surface area contributed by atoms with Crippen LogP contribution in [0.4, 0.5) is 0 Å². The van der Waals surface area contributed by atoms with Crippen LogP contribution in [-0.2, 0) is 17.5 Å². The number of fused-ring (bicyclic) bond motifs is 1. The van der Waals surface area contributed by atoms with Crippen molar-refractivity contribution in [1.29, 1.82) is 0 Å². The van der Waals surface area contributed by atoms with Crippen LogP contribution in [0, 0.1) is 5.41 Å². The maximum atomic E-state index is 12.9. The lowest BCUT2D eigenvalue weighted by molar-refractivity contribution is 0.160. The number of benzene rings is 1. The summed E-state index contributed by atoms with van der Waals surface area (Å²) in [6.07, 6.45) is 0.998. The molecule has 1 aromatic carbocycles. The molecule has 0 saturated carbocycles. The highest BCUT2D eigenvalue weighted by Gasteiger charge is 2.39. The summed E-state index contributed by atoms with van der Waals surface area (Å²) in [6.45, 7) is 14.4. The van der Waals surface area contributed by atoms with Crippen LogP contribution in [0.25, 0.3) is 0 Å². The first kappa shape index (κ1) is 16.5. The van der Waals surface area contributed by atoms with E-state index in [0.29, 0.717) is 6.61 Å². The van der Waals surface area contributed by atoms with E-state index in [2.05, 4.69) is 38.9 Å². The number of hydrogen-bond acceptors (Lipinski definition) is 2. The summed E-state index contributed by atoms with van der Waals surface area (Å²) in [4.78, 5) is 0.905. The van der Waals surface area contributed by atoms with E-state index in [-0.39, 0.29) is 11.0 Å². The minimum Gasteiger partial charge on any atom is -0.494 e. The van der Waals surface area contributed by atoms with Gasteiger partial charge in [0.1, 0.15) is 16.7 Å². The fourth-order valence-electron chi connectivity index (χ4n) is 3.24. The molecule has 0 fully saturated rings. The van der Waals surface area contributed by atoms with Crippen molar-refractivity contribution < 1.29 is 8.95 Å². The largest absolute Gasteiger partial charge is 0.494 e. The van der Waals surface area contributed by atoms with Gasteiger partial charge in [-0.25, -0.2) is 8.51 Å². The SMILES string of the molecule is CCOc1ccc2c(c1)S(=O)N(C(C)(C)CC(C)(C)C)C2. The van der Waals surface area contributed by atoms with E-state index in [0.717, 1.165) is 29.2 Å². The molecule has 0 N–H and O–H groups in total. The van der Waals surface area contributed by atoms with Crippen LogP contribution >= 0.6 is 0 Å². The molecule has 1 aromatic rings. The average Bonchev–Trinajstić information content (AvgIpc) is 2.65. The van der Waals surface area contributed by atoms with Crippen molar-refractivity contribution in [2.24, 2.45) is 5.41 Å². The molecule has 0 aliphatic carbocycles. The predicted octanol–water partition coefficient (Wildman–Crippen LogP) is 4.14. The van der Waals surface area contributed by atoms with E-state index >= 15 is 0 Å². The van der Waals surface area contributed by atoms with Crippen LogP contribution in [-0.4, -0.2) is 20.7 Å². The highest BCUT2D eigenvalue weighted by atomic mass is 32.2. The van der Waals surface area contributed by atoms with Gasteiger partial charge in [-0.3, -0.25) is 0 Å². The molecule has 3 nitrogen and oxygen atoms in total. The molecule has 0 aromatic heterocycles. The number of ether oxygens (including phenoxy) is 1. The lowest BCUT2D eigenvalue weighted by Crippen LogP contribution is -2.44. The molecule has 0 amide bonds. The summed E-state index contributed by atoms with van der Waals surface area (Å²) in [6, 6.07) is 5.95. The Bertz CT molecular complexity index is 546. The quantitative estimate of drug-likeness (QED) is 0.836. The predicted molar refractivity (Wildman–Crippen MR) is 87.7 cm³/mol. The molecule has 0 radical (unpaired) electrons. The van der Waals surface area contributed by atoms with E-state index in [4.69, 9.17) is 4.74 Å². The van der Waals surface area contributed by atoms with Crippen molar-refractivity contribution in [3.63, 3.8) is 0 Å². The molecule has 1 atom stereocenters. The zero-order chi connectivity index (χ0) is 15.8. The van der Waals surface area contributed by atoms with Crippen molar-refractivity contribution in [1.82, 2.24) is 4.31 Å². The first-order valence-corrected chi connectivity index (χ1v) is 8.70. The Labute approximate surface area is 131 Å². The molecule has 0 saturated heterocycles. The molecule has 1 heterocycles. The molecular formula is C17H27NO2S. The maximum absolute atomic E-state index is 12.9. The Hall–Kier alpha value is -0.870. The van der Waals surface area contributed by atoms with E-state index in [1.807, 2.05) is 25.1 Å². The Morgan fingerprint density at radius 3 is 2.48 bits per heavy atom. The van der Waals surface area contributed by atoms with Gasteiger partial charge in [-0.2, -0.15) is 0 Å². The van der Waals surface area contributed by atoms with Crippen LogP contribution in [0.5, 0.6) is 5.75 Å². The zero-order valence-corrected chi connectivity index (χ0v) is 14.8. The number of rotatable bonds is 4. The fraction of sp³-hybridized carbons (Fsp3) is 0.647. The second-order valence-corrected chi connectivity index (χ2v) is 8.92. The Balaban J connectivity index is 2.25. The van der Waals surface area contributed by atoms with Gasteiger partial charge in [-0.05, 0) is 50.3 Å². The van der Waals surface area contributed by atoms with Crippen molar-refractivity contribution in [3.05, 3.63) is 23.8 Å². The molecule has 1 aliphatic rings. The topological polar surface area (TPSA) is 29.5 Å². The van der Waals surface area contributed by atoms with Crippen LogP contribution in [0.15, 0.2) is 23.1 Å². The highest BCUT2D eigenvalue weighted by Crippen LogP contribution is 2.39. The maximum Gasteiger partial charge on any atom is 0.128 e. The van der Waals surface area contributed by atoms with Gasteiger partial charge < -0.3 is 4.74 Å². The van der Waals surface area contributed by atoms with Gasteiger partial charge in [0.15, 0.2) is 0 Å². The molecule has 118 valence electrons. The van der Waals surface area contributed by atoms with Gasteiger partial charge in [-0.15, -0.1) is 0 Å². The van der Waals surface area contributed by atoms with E-state index < -0.39 is 11.0 Å². The fourth-order valence-corrected chi connectivity index (χ4v) is 4.82. The molecule has 21 heavy (non-hydrogen) atoms. The van der Waals surface area contributed by atoms with Crippen LogP contribution in [0.1, 0.15) is 53.5 Å². The minimum atomic E-state index is -1.10. The van der Waals surface area contributed by atoms with Gasteiger partial charge in [0.2, 0.25) is 0 Å². The average molecular weight is 309 g/mol. The zero-order valence-electron chi connectivity index (χ0n) is 14.0. The minimum absolute atomic E-state index is 0.103. The van der Waals surface area contributed by atoms with Crippen molar-refractivity contribution in [2.75, 3.05) is 6.61 Å². The summed E-state index contributed by atoms with van der Waals surface area (Å²) in [5.41, 5.74) is 1.26. The molecule has 0 bridgehead atoms. The first-order valence-electron chi connectivity index (χ1n) is 7.59. The monoisotopic (exact) mass is 309 g/mol. The molecule has 1 unspecified atom stereocenters. The Morgan fingerprint density at radius 1 is 1.24 bits per heavy atom.